The van der Waals surface area contributed by atoms with Crippen LogP contribution in [0.3, 0.4) is 0 Å². The van der Waals surface area contributed by atoms with Gasteiger partial charge in [-0.15, -0.1) is 0 Å². The second kappa shape index (κ2) is 6.60. The molecule has 0 saturated carbocycles. The highest BCUT2D eigenvalue weighted by molar-refractivity contribution is 7.98. The molecule has 0 bridgehead atoms. The molecule has 0 radical (unpaired) electrons. The second-order valence-corrected chi connectivity index (χ2v) is 6.18. The van der Waals surface area contributed by atoms with E-state index in [1.807, 2.05) is 11.8 Å². The molecule has 2 nitrogen and oxygen atoms in total. The first-order chi connectivity index (χ1) is 8.72. The third-order valence-corrected chi connectivity index (χ3v) is 4.69. The summed E-state index contributed by atoms with van der Waals surface area (Å²) in [4.78, 5) is 2.49. The zero-order valence-electron chi connectivity index (χ0n) is 11.6. The fourth-order valence-corrected chi connectivity index (χ4v) is 3.38. The van der Waals surface area contributed by atoms with E-state index in [0.717, 1.165) is 19.6 Å². The maximum absolute atomic E-state index is 3.54. The van der Waals surface area contributed by atoms with E-state index in [2.05, 4.69) is 54.7 Å². The van der Waals surface area contributed by atoms with Crippen LogP contribution in [0.5, 0.6) is 0 Å². The largest absolute Gasteiger partial charge is 0.312 e. The van der Waals surface area contributed by atoms with Crippen LogP contribution in [-0.2, 0) is 6.54 Å². The molecule has 1 aliphatic heterocycles. The van der Waals surface area contributed by atoms with Crippen LogP contribution in [0.4, 0.5) is 0 Å². The summed E-state index contributed by atoms with van der Waals surface area (Å²) < 4.78 is 0. The van der Waals surface area contributed by atoms with Gasteiger partial charge in [-0.25, -0.2) is 0 Å². The minimum atomic E-state index is 0.629. The van der Waals surface area contributed by atoms with Crippen LogP contribution in [0.15, 0.2) is 24.3 Å². The van der Waals surface area contributed by atoms with E-state index in [1.54, 1.807) is 5.56 Å². The minimum Gasteiger partial charge on any atom is -0.312 e. The van der Waals surface area contributed by atoms with Crippen molar-refractivity contribution < 1.29 is 0 Å². The Labute approximate surface area is 115 Å². The molecule has 0 spiro atoms. The van der Waals surface area contributed by atoms with E-state index in [9.17, 15) is 0 Å². The summed E-state index contributed by atoms with van der Waals surface area (Å²) in [6.07, 6.45) is 2.18. The molecule has 0 aromatic heterocycles. The average molecular weight is 264 g/mol. The first kappa shape index (κ1) is 13.9. The summed E-state index contributed by atoms with van der Waals surface area (Å²) in [6, 6.07) is 9.51. The molecule has 18 heavy (non-hydrogen) atoms. The fraction of sp³-hybridized carbons (Fsp3) is 0.600. The van der Waals surface area contributed by atoms with Crippen LogP contribution >= 0.6 is 11.8 Å². The van der Waals surface area contributed by atoms with Crippen molar-refractivity contribution in [3.05, 3.63) is 35.4 Å². The van der Waals surface area contributed by atoms with Gasteiger partial charge in [-0.2, -0.15) is 11.8 Å². The lowest BCUT2D eigenvalue weighted by Gasteiger charge is -2.32. The van der Waals surface area contributed by atoms with Crippen molar-refractivity contribution in [2.75, 3.05) is 32.1 Å². The highest BCUT2D eigenvalue weighted by Gasteiger charge is 2.22. The first-order valence-electron chi connectivity index (χ1n) is 6.70. The summed E-state index contributed by atoms with van der Waals surface area (Å²) in [5.41, 5.74) is 3.01. The third-order valence-electron chi connectivity index (χ3n) is 3.87. The zero-order valence-corrected chi connectivity index (χ0v) is 12.5. The number of nitrogens with zero attached hydrogens (tertiary/aromatic N) is 1. The van der Waals surface area contributed by atoms with E-state index >= 15 is 0 Å². The smallest absolute Gasteiger partial charge is 0.0208 e. The molecule has 0 saturated heterocycles. The van der Waals surface area contributed by atoms with Gasteiger partial charge >= 0.3 is 0 Å². The molecule has 3 heteroatoms. The lowest BCUT2D eigenvalue weighted by Crippen LogP contribution is -2.39. The number of nitrogens with one attached hydrogen (secondary N) is 1. The maximum atomic E-state index is 3.54. The lowest BCUT2D eigenvalue weighted by molar-refractivity contribution is 0.253. The third kappa shape index (κ3) is 3.28. The Bertz CT molecular complexity index is 381. The van der Waals surface area contributed by atoms with Crippen molar-refractivity contribution in [2.24, 2.45) is 0 Å². The summed E-state index contributed by atoms with van der Waals surface area (Å²) in [5.74, 6) is 1.84. The van der Waals surface area contributed by atoms with Crippen LogP contribution in [0.1, 0.15) is 24.0 Å². The molecule has 1 heterocycles. The van der Waals surface area contributed by atoms with Crippen molar-refractivity contribution in [1.29, 1.82) is 0 Å². The standard InChI is InChI=1S/C15H24N2S/c1-12(11-18-3)17(2)10-14-9-16-8-13-6-4-5-7-15(13)14/h4-7,12,14,16H,8-11H2,1-3H3. The van der Waals surface area contributed by atoms with Crippen LogP contribution in [0.2, 0.25) is 0 Å². The van der Waals surface area contributed by atoms with Crippen molar-refractivity contribution >= 4 is 11.8 Å². The Morgan fingerprint density at radius 1 is 1.44 bits per heavy atom. The maximum Gasteiger partial charge on any atom is 0.0208 e. The van der Waals surface area contributed by atoms with Gasteiger partial charge in [-0.3, -0.25) is 0 Å². The van der Waals surface area contributed by atoms with Gasteiger partial charge in [0.25, 0.3) is 0 Å². The van der Waals surface area contributed by atoms with Gasteiger partial charge in [-0.1, -0.05) is 24.3 Å². The van der Waals surface area contributed by atoms with Gasteiger partial charge in [0.15, 0.2) is 0 Å². The number of benzene rings is 1. The van der Waals surface area contributed by atoms with Gasteiger partial charge in [-0.05, 0) is 31.4 Å². The fourth-order valence-electron chi connectivity index (χ4n) is 2.64. The topological polar surface area (TPSA) is 15.3 Å². The van der Waals surface area contributed by atoms with Crippen LogP contribution < -0.4 is 5.32 Å². The normalized spacial score (nSPS) is 20.8. The molecular formula is C15H24N2S. The monoisotopic (exact) mass is 264 g/mol. The Kier molecular flexibility index (Phi) is 5.10. The van der Waals surface area contributed by atoms with Crippen LogP contribution in [-0.4, -0.2) is 43.1 Å². The molecule has 1 N–H and O–H groups in total. The molecule has 1 aromatic carbocycles. The Morgan fingerprint density at radius 3 is 3.00 bits per heavy atom. The summed E-state index contributed by atoms with van der Waals surface area (Å²) in [6.45, 7) is 5.59. The van der Waals surface area contributed by atoms with Crippen molar-refractivity contribution in [3.8, 4) is 0 Å². The zero-order chi connectivity index (χ0) is 13.0. The average Bonchev–Trinajstić information content (AvgIpc) is 2.39. The predicted molar refractivity (Wildman–Crippen MR) is 81.4 cm³/mol. The second-order valence-electron chi connectivity index (χ2n) is 5.27. The predicted octanol–water partition coefficient (Wildman–Crippen LogP) is 2.56. The number of thioether (sulfide) groups is 1. The van der Waals surface area contributed by atoms with E-state index in [-0.39, 0.29) is 0 Å². The molecular weight excluding hydrogens is 240 g/mol. The number of rotatable bonds is 5. The Hall–Kier alpha value is -0.510. The molecule has 0 fully saturated rings. The number of hydrogen-bond acceptors (Lipinski definition) is 3. The summed E-state index contributed by atoms with van der Waals surface area (Å²) in [7, 11) is 2.25. The van der Waals surface area contributed by atoms with Crippen LogP contribution in [0, 0.1) is 0 Å². The number of likely N-dealkylation sites (N-methyl/N-ethyl adjacent to an activating group) is 1. The van der Waals surface area contributed by atoms with E-state index in [4.69, 9.17) is 0 Å². The highest BCUT2D eigenvalue weighted by Crippen LogP contribution is 2.24. The SMILES string of the molecule is CSCC(C)N(C)CC1CNCc2ccccc21. The summed E-state index contributed by atoms with van der Waals surface area (Å²) in [5, 5.41) is 3.54. The molecule has 2 unspecified atom stereocenters. The molecule has 2 rings (SSSR count). The van der Waals surface area contributed by atoms with Gasteiger partial charge in [0.2, 0.25) is 0 Å². The molecule has 0 amide bonds. The van der Waals surface area contributed by atoms with Crippen molar-refractivity contribution in [3.63, 3.8) is 0 Å². The van der Waals surface area contributed by atoms with Crippen molar-refractivity contribution in [1.82, 2.24) is 10.2 Å². The molecule has 100 valence electrons. The highest BCUT2D eigenvalue weighted by atomic mass is 32.2. The van der Waals surface area contributed by atoms with E-state index in [0.29, 0.717) is 12.0 Å². The molecule has 0 aliphatic carbocycles. The van der Waals surface area contributed by atoms with E-state index in [1.165, 1.54) is 11.3 Å². The van der Waals surface area contributed by atoms with Gasteiger partial charge in [0, 0.05) is 37.3 Å². The molecule has 1 aromatic rings. The number of hydrogen-bond donors (Lipinski definition) is 1. The quantitative estimate of drug-likeness (QED) is 0.880. The molecule has 1 aliphatic rings. The lowest BCUT2D eigenvalue weighted by atomic mass is 9.90. The van der Waals surface area contributed by atoms with Crippen molar-refractivity contribution in [2.45, 2.75) is 25.4 Å². The van der Waals surface area contributed by atoms with E-state index < -0.39 is 0 Å². The summed E-state index contributed by atoms with van der Waals surface area (Å²) >= 11 is 1.93. The number of fused-ring (bicyclic) bond motifs is 1. The first-order valence-corrected chi connectivity index (χ1v) is 8.09. The van der Waals surface area contributed by atoms with Gasteiger partial charge in [0.1, 0.15) is 0 Å². The van der Waals surface area contributed by atoms with Crippen LogP contribution in [0.25, 0.3) is 0 Å². The minimum absolute atomic E-state index is 0.629. The Balaban J connectivity index is 2.02. The Morgan fingerprint density at radius 2 is 2.22 bits per heavy atom. The van der Waals surface area contributed by atoms with Gasteiger partial charge < -0.3 is 10.2 Å². The van der Waals surface area contributed by atoms with Gasteiger partial charge in [0.05, 0.1) is 0 Å². The molecule has 2 atom stereocenters.